The van der Waals surface area contributed by atoms with Crippen LogP contribution in [0.5, 0.6) is 0 Å². The van der Waals surface area contributed by atoms with E-state index in [4.69, 9.17) is 11.6 Å². The minimum absolute atomic E-state index is 0.231. The molecule has 21 heavy (non-hydrogen) atoms. The van der Waals surface area contributed by atoms with Gasteiger partial charge in [-0.05, 0) is 32.0 Å². The zero-order valence-corrected chi connectivity index (χ0v) is 14.2. The van der Waals surface area contributed by atoms with Gasteiger partial charge in [0.15, 0.2) is 0 Å². The average Bonchev–Trinajstić information content (AvgIpc) is 2.92. The van der Waals surface area contributed by atoms with Gasteiger partial charge in [0.1, 0.15) is 5.01 Å². The van der Waals surface area contributed by atoms with Gasteiger partial charge >= 0.3 is 0 Å². The van der Waals surface area contributed by atoms with Crippen LogP contribution >= 0.6 is 22.9 Å². The number of aromatic nitrogens is 2. The fraction of sp³-hybridized carbons (Fsp3) is 0.467. The van der Waals surface area contributed by atoms with E-state index in [-0.39, 0.29) is 6.04 Å². The number of anilines is 1. The number of benzene rings is 1. The molecule has 1 heterocycles. The maximum absolute atomic E-state index is 6.27. The number of nitrogens with zero attached hydrogens (tertiary/aromatic N) is 3. The highest BCUT2D eigenvalue weighted by molar-refractivity contribution is 7.15. The van der Waals surface area contributed by atoms with Gasteiger partial charge in [-0.2, -0.15) is 0 Å². The molecule has 0 aliphatic rings. The first kappa shape index (κ1) is 16.2. The molecule has 2 rings (SSSR count). The molecule has 0 aliphatic carbocycles. The molecule has 0 aliphatic heterocycles. The van der Waals surface area contributed by atoms with Gasteiger partial charge in [-0.15, -0.1) is 10.2 Å². The fourth-order valence-corrected chi connectivity index (χ4v) is 3.15. The van der Waals surface area contributed by atoms with Crippen LogP contribution in [-0.2, 0) is 6.54 Å². The average molecular weight is 325 g/mol. The van der Waals surface area contributed by atoms with Gasteiger partial charge in [-0.25, -0.2) is 0 Å². The summed E-state index contributed by atoms with van der Waals surface area (Å²) in [7, 11) is 2.08. The molecule has 1 atom stereocenters. The molecule has 2 aromatic rings. The molecule has 0 fully saturated rings. The maximum Gasteiger partial charge on any atom is 0.205 e. The van der Waals surface area contributed by atoms with E-state index in [0.29, 0.717) is 0 Å². The van der Waals surface area contributed by atoms with Crippen LogP contribution in [0.2, 0.25) is 5.02 Å². The van der Waals surface area contributed by atoms with Crippen molar-refractivity contribution in [2.75, 3.05) is 18.9 Å². The minimum Gasteiger partial charge on any atom is -0.360 e. The van der Waals surface area contributed by atoms with Crippen LogP contribution in [0.4, 0.5) is 5.13 Å². The topological polar surface area (TPSA) is 41.1 Å². The summed E-state index contributed by atoms with van der Waals surface area (Å²) in [5.74, 6) is 0. The minimum atomic E-state index is 0.231. The van der Waals surface area contributed by atoms with Gasteiger partial charge in [0.25, 0.3) is 0 Å². The highest BCUT2D eigenvalue weighted by Gasteiger charge is 2.16. The quantitative estimate of drug-likeness (QED) is 0.828. The third kappa shape index (κ3) is 4.40. The lowest BCUT2D eigenvalue weighted by molar-refractivity contribution is 0.252. The highest BCUT2D eigenvalue weighted by Crippen LogP contribution is 2.28. The standard InChI is InChI=1S/C15H21ClN4S/c1-4-9-17-15-19-18-14(21-15)10-20(3)11(2)12-7-5-6-8-13(12)16/h5-8,11H,4,9-10H2,1-3H3,(H,17,19). The first-order valence-electron chi connectivity index (χ1n) is 7.12. The summed E-state index contributed by atoms with van der Waals surface area (Å²) >= 11 is 7.88. The summed E-state index contributed by atoms with van der Waals surface area (Å²) in [4.78, 5) is 2.23. The Kier molecular flexibility index (Phi) is 5.96. The highest BCUT2D eigenvalue weighted by atomic mass is 35.5. The molecule has 6 heteroatoms. The zero-order valence-electron chi connectivity index (χ0n) is 12.6. The third-order valence-corrected chi connectivity index (χ3v) is 4.60. The van der Waals surface area contributed by atoms with Crippen LogP contribution < -0.4 is 5.32 Å². The van der Waals surface area contributed by atoms with E-state index in [2.05, 4.69) is 47.4 Å². The van der Waals surface area contributed by atoms with E-state index in [9.17, 15) is 0 Å². The monoisotopic (exact) mass is 324 g/mol. The van der Waals surface area contributed by atoms with Crippen LogP contribution in [0.3, 0.4) is 0 Å². The third-order valence-electron chi connectivity index (χ3n) is 3.39. The molecule has 1 N–H and O–H groups in total. The predicted octanol–water partition coefficient (Wildman–Crippen LogP) is 4.21. The molecule has 0 saturated heterocycles. The molecule has 1 aromatic heterocycles. The molecule has 0 radical (unpaired) electrons. The maximum atomic E-state index is 6.27. The Morgan fingerprint density at radius 2 is 2.10 bits per heavy atom. The van der Waals surface area contributed by atoms with Crippen molar-refractivity contribution >= 4 is 28.1 Å². The Labute approximate surface area is 135 Å². The summed E-state index contributed by atoms with van der Waals surface area (Å²) in [6.45, 7) is 5.98. The summed E-state index contributed by atoms with van der Waals surface area (Å²) in [6, 6.07) is 8.20. The normalized spacial score (nSPS) is 12.6. The van der Waals surface area contributed by atoms with Crippen molar-refractivity contribution in [2.45, 2.75) is 32.9 Å². The second-order valence-corrected chi connectivity index (χ2v) is 6.51. The second-order valence-electron chi connectivity index (χ2n) is 5.04. The van der Waals surface area contributed by atoms with Gasteiger partial charge in [-0.1, -0.05) is 48.1 Å². The summed E-state index contributed by atoms with van der Waals surface area (Å²) < 4.78 is 0. The summed E-state index contributed by atoms with van der Waals surface area (Å²) in [5, 5.41) is 14.4. The van der Waals surface area contributed by atoms with Crippen molar-refractivity contribution < 1.29 is 0 Å². The van der Waals surface area contributed by atoms with Gasteiger partial charge < -0.3 is 5.32 Å². The van der Waals surface area contributed by atoms with Crippen molar-refractivity contribution in [3.8, 4) is 0 Å². The molecule has 0 bridgehead atoms. The molecule has 0 amide bonds. The molecule has 0 saturated carbocycles. The van der Waals surface area contributed by atoms with Crippen molar-refractivity contribution in [2.24, 2.45) is 0 Å². The molecule has 1 aromatic carbocycles. The number of rotatable bonds is 7. The molecule has 1 unspecified atom stereocenters. The number of hydrogen-bond donors (Lipinski definition) is 1. The molecule has 0 spiro atoms. The lowest BCUT2D eigenvalue weighted by Crippen LogP contribution is -2.22. The smallest absolute Gasteiger partial charge is 0.205 e. The second kappa shape index (κ2) is 7.73. The summed E-state index contributed by atoms with van der Waals surface area (Å²) in [5.41, 5.74) is 1.13. The van der Waals surface area contributed by atoms with Gasteiger partial charge in [0.05, 0.1) is 6.54 Å². The largest absolute Gasteiger partial charge is 0.360 e. The first-order valence-corrected chi connectivity index (χ1v) is 8.32. The first-order chi connectivity index (χ1) is 10.1. The van der Waals surface area contributed by atoms with E-state index < -0.39 is 0 Å². The molecular weight excluding hydrogens is 304 g/mol. The van der Waals surface area contributed by atoms with Crippen molar-refractivity contribution in [3.05, 3.63) is 39.9 Å². The van der Waals surface area contributed by atoms with E-state index in [1.54, 1.807) is 11.3 Å². The van der Waals surface area contributed by atoms with Crippen LogP contribution in [-0.4, -0.2) is 28.7 Å². The van der Waals surface area contributed by atoms with E-state index in [0.717, 1.165) is 40.2 Å². The van der Waals surface area contributed by atoms with Crippen molar-refractivity contribution in [1.29, 1.82) is 0 Å². The lowest BCUT2D eigenvalue weighted by atomic mass is 10.1. The Hall–Kier alpha value is -1.17. The van der Waals surface area contributed by atoms with Crippen LogP contribution in [0, 0.1) is 0 Å². The van der Waals surface area contributed by atoms with Crippen molar-refractivity contribution in [1.82, 2.24) is 15.1 Å². The Morgan fingerprint density at radius 3 is 2.81 bits per heavy atom. The summed E-state index contributed by atoms with van der Waals surface area (Å²) in [6.07, 6.45) is 1.08. The van der Waals surface area contributed by atoms with Gasteiger partial charge in [0.2, 0.25) is 5.13 Å². The van der Waals surface area contributed by atoms with Crippen molar-refractivity contribution in [3.63, 3.8) is 0 Å². The van der Waals surface area contributed by atoms with Gasteiger partial charge in [0, 0.05) is 17.6 Å². The Bertz CT molecular complexity index is 572. The van der Waals surface area contributed by atoms with Gasteiger partial charge in [-0.3, -0.25) is 4.90 Å². The number of halogens is 1. The fourth-order valence-electron chi connectivity index (χ4n) is 2.02. The van der Waals surface area contributed by atoms with Crippen LogP contribution in [0.1, 0.15) is 36.9 Å². The van der Waals surface area contributed by atoms with E-state index >= 15 is 0 Å². The van der Waals surface area contributed by atoms with Crippen LogP contribution in [0.25, 0.3) is 0 Å². The number of nitrogens with one attached hydrogen (secondary N) is 1. The van der Waals surface area contributed by atoms with E-state index in [1.807, 2.05) is 18.2 Å². The SMILES string of the molecule is CCCNc1nnc(CN(C)C(C)c2ccccc2Cl)s1. The predicted molar refractivity (Wildman–Crippen MR) is 90.0 cm³/mol. The zero-order chi connectivity index (χ0) is 15.2. The molecule has 114 valence electrons. The number of hydrogen-bond acceptors (Lipinski definition) is 5. The lowest BCUT2D eigenvalue weighted by Gasteiger charge is -2.24. The van der Waals surface area contributed by atoms with E-state index in [1.165, 1.54) is 0 Å². The van der Waals surface area contributed by atoms with Crippen LogP contribution in [0.15, 0.2) is 24.3 Å². The Morgan fingerprint density at radius 1 is 1.33 bits per heavy atom. The molecule has 4 nitrogen and oxygen atoms in total. The molecular formula is C15H21ClN4S. The Balaban J connectivity index is 1.99.